The first-order chi connectivity index (χ1) is 7.77. The van der Waals surface area contributed by atoms with Gasteiger partial charge in [0.05, 0.1) is 11.7 Å². The molecule has 2 heterocycles. The van der Waals surface area contributed by atoms with Crippen molar-refractivity contribution in [1.82, 2.24) is 4.98 Å². The molecule has 4 nitrogen and oxygen atoms in total. The quantitative estimate of drug-likeness (QED) is 0.815. The largest absolute Gasteiger partial charge is 0.478 e. The van der Waals surface area contributed by atoms with Crippen molar-refractivity contribution in [1.29, 1.82) is 0 Å². The van der Waals surface area contributed by atoms with Gasteiger partial charge in [-0.1, -0.05) is 0 Å². The van der Waals surface area contributed by atoms with E-state index in [-0.39, 0.29) is 6.10 Å². The summed E-state index contributed by atoms with van der Waals surface area (Å²) < 4.78 is 5.49. The molecule has 1 aliphatic rings. The predicted octanol–water partition coefficient (Wildman–Crippen LogP) is 2.05. The third kappa shape index (κ3) is 2.74. The van der Waals surface area contributed by atoms with E-state index in [2.05, 4.69) is 4.98 Å². The van der Waals surface area contributed by atoms with Gasteiger partial charge < -0.3 is 9.84 Å². The minimum absolute atomic E-state index is 0.256. The molecular weight excluding hydrogens is 226 g/mol. The lowest BCUT2D eigenvalue weighted by molar-refractivity contribution is 0.0693. The summed E-state index contributed by atoms with van der Waals surface area (Å²) in [6, 6.07) is 1.53. The van der Waals surface area contributed by atoms with Gasteiger partial charge in [0.1, 0.15) is 0 Å². The summed E-state index contributed by atoms with van der Waals surface area (Å²) in [5, 5.41) is 8.99. The van der Waals surface area contributed by atoms with Crippen LogP contribution in [0.3, 0.4) is 0 Å². The van der Waals surface area contributed by atoms with Gasteiger partial charge in [0.25, 0.3) is 0 Å². The van der Waals surface area contributed by atoms with E-state index in [4.69, 9.17) is 9.84 Å². The summed E-state index contributed by atoms with van der Waals surface area (Å²) in [7, 11) is 0. The van der Waals surface area contributed by atoms with E-state index in [1.165, 1.54) is 24.0 Å². The lowest BCUT2D eigenvalue weighted by atomic mass is 10.3. The van der Waals surface area contributed by atoms with E-state index in [0.717, 1.165) is 25.2 Å². The molecule has 0 spiro atoms. The number of carboxylic acid groups (broad SMARTS) is 1. The fourth-order valence-corrected chi connectivity index (χ4v) is 2.70. The number of rotatable bonds is 4. The van der Waals surface area contributed by atoms with Gasteiger partial charge in [-0.15, -0.1) is 11.8 Å². The normalized spacial score (nSPS) is 19.9. The van der Waals surface area contributed by atoms with Gasteiger partial charge in [0.15, 0.2) is 0 Å². The number of aromatic carboxylic acids is 1. The standard InChI is InChI=1S/C11H13NO3S/c13-11(14)9-3-4-12-6-10(9)16-7-8-2-1-5-15-8/h3-4,6,8H,1-2,5,7H2,(H,13,14). The van der Waals surface area contributed by atoms with Gasteiger partial charge in [-0.2, -0.15) is 0 Å². The highest BCUT2D eigenvalue weighted by molar-refractivity contribution is 7.99. The Bertz CT molecular complexity index is 377. The fraction of sp³-hybridized carbons (Fsp3) is 0.455. The molecule has 1 fully saturated rings. The number of hydrogen-bond acceptors (Lipinski definition) is 4. The summed E-state index contributed by atoms with van der Waals surface area (Å²) in [5.41, 5.74) is 0.318. The maximum atomic E-state index is 10.9. The Balaban J connectivity index is 2.00. The van der Waals surface area contributed by atoms with Crippen molar-refractivity contribution >= 4 is 17.7 Å². The van der Waals surface area contributed by atoms with E-state index in [9.17, 15) is 4.79 Å². The Hall–Kier alpha value is -1.07. The van der Waals surface area contributed by atoms with E-state index in [0.29, 0.717) is 10.5 Å². The molecule has 0 aliphatic carbocycles. The Labute approximate surface area is 98.0 Å². The Kier molecular flexibility index (Phi) is 3.79. The van der Waals surface area contributed by atoms with Crippen molar-refractivity contribution in [3.63, 3.8) is 0 Å². The van der Waals surface area contributed by atoms with Crippen LogP contribution in [0.2, 0.25) is 0 Å². The summed E-state index contributed by atoms with van der Waals surface area (Å²) in [5.74, 6) is -0.108. The number of nitrogens with zero attached hydrogens (tertiary/aromatic N) is 1. The minimum atomic E-state index is -0.905. The Morgan fingerprint density at radius 1 is 1.69 bits per heavy atom. The molecular formula is C11H13NO3S. The number of ether oxygens (including phenoxy) is 1. The smallest absolute Gasteiger partial charge is 0.336 e. The van der Waals surface area contributed by atoms with Crippen molar-refractivity contribution in [2.45, 2.75) is 23.8 Å². The number of carboxylic acids is 1. The molecule has 1 aliphatic heterocycles. The van der Waals surface area contributed by atoms with Crippen LogP contribution in [0.15, 0.2) is 23.4 Å². The van der Waals surface area contributed by atoms with E-state index in [1.54, 1.807) is 6.20 Å². The van der Waals surface area contributed by atoms with Crippen LogP contribution < -0.4 is 0 Å². The fourth-order valence-electron chi connectivity index (χ4n) is 1.63. The van der Waals surface area contributed by atoms with Crippen LogP contribution in [0.4, 0.5) is 0 Å². The van der Waals surface area contributed by atoms with E-state index >= 15 is 0 Å². The molecule has 1 aromatic heterocycles. The van der Waals surface area contributed by atoms with Crippen LogP contribution in [0.5, 0.6) is 0 Å². The third-order valence-corrected chi connectivity index (χ3v) is 3.64. The van der Waals surface area contributed by atoms with Crippen molar-refractivity contribution < 1.29 is 14.6 Å². The minimum Gasteiger partial charge on any atom is -0.478 e. The monoisotopic (exact) mass is 239 g/mol. The predicted molar refractivity (Wildman–Crippen MR) is 60.9 cm³/mol. The summed E-state index contributed by atoms with van der Waals surface area (Å²) in [4.78, 5) is 15.6. The van der Waals surface area contributed by atoms with Gasteiger partial charge in [-0.25, -0.2) is 4.79 Å². The maximum absolute atomic E-state index is 10.9. The van der Waals surface area contributed by atoms with Crippen molar-refractivity contribution in [2.75, 3.05) is 12.4 Å². The highest BCUT2D eigenvalue weighted by atomic mass is 32.2. The molecule has 1 saturated heterocycles. The van der Waals surface area contributed by atoms with Crippen LogP contribution >= 0.6 is 11.8 Å². The van der Waals surface area contributed by atoms with Crippen molar-refractivity contribution in [3.8, 4) is 0 Å². The molecule has 1 unspecified atom stereocenters. The zero-order chi connectivity index (χ0) is 11.4. The average molecular weight is 239 g/mol. The van der Waals surface area contributed by atoms with Crippen LogP contribution in [-0.4, -0.2) is 34.5 Å². The van der Waals surface area contributed by atoms with Gasteiger partial charge >= 0.3 is 5.97 Å². The molecule has 1 aromatic rings. The second-order valence-electron chi connectivity index (χ2n) is 3.62. The lowest BCUT2D eigenvalue weighted by Gasteiger charge is -2.09. The topological polar surface area (TPSA) is 59.4 Å². The molecule has 86 valence electrons. The molecule has 0 aromatic carbocycles. The number of aromatic nitrogens is 1. The molecule has 0 amide bonds. The van der Waals surface area contributed by atoms with Crippen LogP contribution in [0, 0.1) is 0 Å². The first-order valence-corrected chi connectivity index (χ1v) is 6.17. The van der Waals surface area contributed by atoms with Gasteiger partial charge in [-0.05, 0) is 18.9 Å². The Morgan fingerprint density at radius 2 is 2.56 bits per heavy atom. The second-order valence-corrected chi connectivity index (χ2v) is 4.68. The highest BCUT2D eigenvalue weighted by Gasteiger charge is 2.17. The summed E-state index contributed by atoms with van der Waals surface area (Å²) in [6.45, 7) is 0.823. The first-order valence-electron chi connectivity index (χ1n) is 5.19. The summed E-state index contributed by atoms with van der Waals surface area (Å²) in [6.07, 6.45) is 5.52. The molecule has 1 atom stereocenters. The molecule has 1 N–H and O–H groups in total. The molecule has 16 heavy (non-hydrogen) atoms. The first kappa shape index (κ1) is 11.4. The maximum Gasteiger partial charge on any atom is 0.336 e. The van der Waals surface area contributed by atoms with Crippen LogP contribution in [0.1, 0.15) is 23.2 Å². The molecule has 5 heteroatoms. The molecule has 2 rings (SSSR count). The number of thioether (sulfide) groups is 1. The summed E-state index contributed by atoms with van der Waals surface area (Å²) >= 11 is 1.50. The van der Waals surface area contributed by atoms with Gasteiger partial charge in [-0.3, -0.25) is 4.98 Å². The average Bonchev–Trinajstić information content (AvgIpc) is 2.79. The van der Waals surface area contributed by atoms with Gasteiger partial charge in [0, 0.05) is 29.6 Å². The third-order valence-electron chi connectivity index (χ3n) is 2.46. The van der Waals surface area contributed by atoms with Gasteiger partial charge in [0.2, 0.25) is 0 Å². The Morgan fingerprint density at radius 3 is 3.25 bits per heavy atom. The van der Waals surface area contributed by atoms with E-state index in [1.807, 2.05) is 0 Å². The van der Waals surface area contributed by atoms with Crippen molar-refractivity contribution in [2.24, 2.45) is 0 Å². The van der Waals surface area contributed by atoms with Crippen LogP contribution in [-0.2, 0) is 4.74 Å². The molecule has 0 bridgehead atoms. The highest BCUT2D eigenvalue weighted by Crippen LogP contribution is 2.25. The number of pyridine rings is 1. The SMILES string of the molecule is O=C(O)c1ccncc1SCC1CCCO1. The van der Waals surface area contributed by atoms with E-state index < -0.39 is 5.97 Å². The number of carbonyl (C=O) groups is 1. The molecule has 0 radical (unpaired) electrons. The van der Waals surface area contributed by atoms with Crippen molar-refractivity contribution in [3.05, 3.63) is 24.0 Å². The van der Waals surface area contributed by atoms with Crippen LogP contribution in [0.25, 0.3) is 0 Å². The zero-order valence-corrected chi connectivity index (χ0v) is 9.57. The molecule has 0 saturated carbocycles. The lowest BCUT2D eigenvalue weighted by Crippen LogP contribution is -2.08. The zero-order valence-electron chi connectivity index (χ0n) is 8.76. The second kappa shape index (κ2) is 5.32. The number of hydrogen-bond donors (Lipinski definition) is 1.